The third-order valence-corrected chi connectivity index (χ3v) is 2.52. The molecule has 13 heavy (non-hydrogen) atoms. The molecule has 1 aliphatic rings. The van der Waals surface area contributed by atoms with Gasteiger partial charge in [-0.25, -0.2) is 0 Å². The van der Waals surface area contributed by atoms with Gasteiger partial charge in [-0.3, -0.25) is 4.79 Å². The van der Waals surface area contributed by atoms with E-state index in [1.165, 1.54) is 6.26 Å². The molecule has 3 heteroatoms. The highest BCUT2D eigenvalue weighted by Crippen LogP contribution is 2.18. The Morgan fingerprint density at radius 2 is 2.23 bits per heavy atom. The number of nitrogens with one attached hydrogen (secondary N) is 1. The number of Topliss-reactive ketones (excluding diaryl/α,β-unsaturated/α-hetero) is 1. The van der Waals surface area contributed by atoms with Gasteiger partial charge in [0.1, 0.15) is 6.26 Å². The highest BCUT2D eigenvalue weighted by atomic mass is 16.3. The fourth-order valence-corrected chi connectivity index (χ4v) is 1.72. The van der Waals surface area contributed by atoms with E-state index in [0.717, 1.165) is 25.9 Å². The van der Waals surface area contributed by atoms with Crippen LogP contribution < -0.4 is 5.32 Å². The number of piperidine rings is 1. The Bertz CT molecular complexity index is 273. The lowest BCUT2D eigenvalue weighted by atomic mass is 9.91. The maximum absolute atomic E-state index is 11.8. The highest BCUT2D eigenvalue weighted by molar-refractivity contribution is 5.97. The second kappa shape index (κ2) is 3.75. The smallest absolute Gasteiger partial charge is 0.169 e. The van der Waals surface area contributed by atoms with E-state index < -0.39 is 0 Å². The predicted octanol–water partition coefficient (Wildman–Crippen LogP) is 1.46. The number of hydrogen-bond donors (Lipinski definition) is 1. The second-order valence-electron chi connectivity index (χ2n) is 3.40. The largest absolute Gasteiger partial charge is 0.472 e. The zero-order valence-electron chi connectivity index (χ0n) is 7.45. The fourth-order valence-electron chi connectivity index (χ4n) is 1.72. The number of hydrogen-bond acceptors (Lipinski definition) is 3. The van der Waals surface area contributed by atoms with Crippen LogP contribution in [0.4, 0.5) is 0 Å². The SMILES string of the molecule is O=C(c1ccoc1)C1CCNCC1. The van der Waals surface area contributed by atoms with Crippen molar-refractivity contribution in [2.24, 2.45) is 5.92 Å². The van der Waals surface area contributed by atoms with Gasteiger partial charge >= 0.3 is 0 Å². The molecule has 1 fully saturated rings. The Morgan fingerprint density at radius 1 is 1.46 bits per heavy atom. The molecule has 0 saturated carbocycles. The summed E-state index contributed by atoms with van der Waals surface area (Å²) < 4.78 is 4.89. The summed E-state index contributed by atoms with van der Waals surface area (Å²) in [5, 5.41) is 3.24. The zero-order valence-corrected chi connectivity index (χ0v) is 7.45. The Kier molecular flexibility index (Phi) is 2.45. The van der Waals surface area contributed by atoms with Crippen molar-refractivity contribution in [3.05, 3.63) is 24.2 Å². The summed E-state index contributed by atoms with van der Waals surface area (Å²) in [7, 11) is 0. The molecule has 3 nitrogen and oxygen atoms in total. The van der Waals surface area contributed by atoms with Gasteiger partial charge in [0.15, 0.2) is 5.78 Å². The van der Waals surface area contributed by atoms with E-state index in [2.05, 4.69) is 5.32 Å². The molecule has 1 saturated heterocycles. The summed E-state index contributed by atoms with van der Waals surface area (Å²) in [6.07, 6.45) is 4.98. The van der Waals surface area contributed by atoms with Crippen molar-refractivity contribution in [3.63, 3.8) is 0 Å². The number of ketones is 1. The monoisotopic (exact) mass is 179 g/mol. The lowest BCUT2D eigenvalue weighted by Gasteiger charge is -2.20. The highest BCUT2D eigenvalue weighted by Gasteiger charge is 2.22. The lowest BCUT2D eigenvalue weighted by molar-refractivity contribution is 0.0894. The standard InChI is InChI=1S/C10H13NO2/c12-10(9-3-6-13-7-9)8-1-4-11-5-2-8/h3,6-8,11H,1-2,4-5H2. The van der Waals surface area contributed by atoms with Gasteiger partial charge in [0, 0.05) is 5.92 Å². The van der Waals surface area contributed by atoms with E-state index in [1.54, 1.807) is 12.3 Å². The van der Waals surface area contributed by atoms with Crippen LogP contribution in [0.2, 0.25) is 0 Å². The molecule has 0 amide bonds. The van der Waals surface area contributed by atoms with Crippen molar-refractivity contribution < 1.29 is 9.21 Å². The normalized spacial score (nSPS) is 18.8. The van der Waals surface area contributed by atoms with E-state index in [4.69, 9.17) is 4.42 Å². The summed E-state index contributed by atoms with van der Waals surface area (Å²) in [6.45, 7) is 1.91. The zero-order chi connectivity index (χ0) is 9.10. The third kappa shape index (κ3) is 1.80. The quantitative estimate of drug-likeness (QED) is 0.699. The van der Waals surface area contributed by atoms with Crippen molar-refractivity contribution in [2.45, 2.75) is 12.8 Å². The van der Waals surface area contributed by atoms with Crippen molar-refractivity contribution >= 4 is 5.78 Å². The fraction of sp³-hybridized carbons (Fsp3) is 0.500. The van der Waals surface area contributed by atoms with E-state index >= 15 is 0 Å². The van der Waals surface area contributed by atoms with Crippen molar-refractivity contribution in [1.29, 1.82) is 0 Å². The molecule has 2 heterocycles. The minimum Gasteiger partial charge on any atom is -0.472 e. The van der Waals surface area contributed by atoms with Crippen LogP contribution in [0.5, 0.6) is 0 Å². The average molecular weight is 179 g/mol. The van der Waals surface area contributed by atoms with Gasteiger partial charge in [0.05, 0.1) is 11.8 Å². The number of rotatable bonds is 2. The molecule has 0 unspecified atom stereocenters. The summed E-state index contributed by atoms with van der Waals surface area (Å²) in [6, 6.07) is 1.74. The Labute approximate surface area is 77.1 Å². The van der Waals surface area contributed by atoms with Crippen molar-refractivity contribution in [2.75, 3.05) is 13.1 Å². The first-order valence-corrected chi connectivity index (χ1v) is 4.65. The summed E-state index contributed by atoms with van der Waals surface area (Å²) in [4.78, 5) is 11.8. The van der Waals surface area contributed by atoms with Crippen LogP contribution in [-0.4, -0.2) is 18.9 Å². The van der Waals surface area contributed by atoms with Gasteiger partial charge in [0.25, 0.3) is 0 Å². The van der Waals surface area contributed by atoms with Gasteiger partial charge in [-0.1, -0.05) is 0 Å². The molecule has 0 aliphatic carbocycles. The lowest BCUT2D eigenvalue weighted by Crippen LogP contribution is -2.31. The van der Waals surface area contributed by atoms with Gasteiger partial charge in [0.2, 0.25) is 0 Å². The second-order valence-corrected chi connectivity index (χ2v) is 3.40. The van der Waals surface area contributed by atoms with E-state index in [0.29, 0.717) is 5.56 Å². The molecule has 0 radical (unpaired) electrons. The number of carbonyl (C=O) groups excluding carboxylic acids is 1. The Balaban J connectivity index is 2.04. The molecule has 0 spiro atoms. The van der Waals surface area contributed by atoms with Gasteiger partial charge < -0.3 is 9.73 Å². The number of furan rings is 1. The van der Waals surface area contributed by atoms with Crippen LogP contribution in [0.1, 0.15) is 23.2 Å². The minimum absolute atomic E-state index is 0.193. The minimum atomic E-state index is 0.193. The maximum atomic E-state index is 11.8. The predicted molar refractivity (Wildman–Crippen MR) is 48.6 cm³/mol. The van der Waals surface area contributed by atoms with Crippen LogP contribution in [0.25, 0.3) is 0 Å². The molecule has 0 aromatic carbocycles. The van der Waals surface area contributed by atoms with E-state index in [1.807, 2.05) is 0 Å². The van der Waals surface area contributed by atoms with Crippen molar-refractivity contribution in [3.8, 4) is 0 Å². The molecular formula is C10H13NO2. The van der Waals surface area contributed by atoms with Crippen LogP contribution >= 0.6 is 0 Å². The Hall–Kier alpha value is -1.09. The van der Waals surface area contributed by atoms with Crippen molar-refractivity contribution in [1.82, 2.24) is 5.32 Å². The first-order valence-electron chi connectivity index (χ1n) is 4.65. The van der Waals surface area contributed by atoms with E-state index in [9.17, 15) is 4.79 Å². The van der Waals surface area contributed by atoms with Crippen LogP contribution in [0.3, 0.4) is 0 Å². The molecular weight excluding hydrogens is 166 g/mol. The molecule has 70 valence electrons. The average Bonchev–Trinajstić information content (AvgIpc) is 2.71. The maximum Gasteiger partial charge on any atom is 0.169 e. The number of carbonyl (C=O) groups is 1. The molecule has 0 atom stereocenters. The van der Waals surface area contributed by atoms with Crippen LogP contribution in [0.15, 0.2) is 23.0 Å². The van der Waals surface area contributed by atoms with E-state index in [-0.39, 0.29) is 11.7 Å². The molecule has 0 bridgehead atoms. The van der Waals surface area contributed by atoms with Crippen LogP contribution in [-0.2, 0) is 0 Å². The topological polar surface area (TPSA) is 42.2 Å². The molecule has 1 N–H and O–H groups in total. The molecule has 2 rings (SSSR count). The van der Waals surface area contributed by atoms with Gasteiger partial charge in [-0.15, -0.1) is 0 Å². The Morgan fingerprint density at radius 3 is 2.85 bits per heavy atom. The molecule has 1 aliphatic heterocycles. The van der Waals surface area contributed by atoms with Gasteiger partial charge in [-0.2, -0.15) is 0 Å². The van der Waals surface area contributed by atoms with Crippen LogP contribution in [0, 0.1) is 5.92 Å². The molecule has 1 aromatic heterocycles. The first kappa shape index (κ1) is 8.51. The summed E-state index contributed by atoms with van der Waals surface area (Å²) >= 11 is 0. The summed E-state index contributed by atoms with van der Waals surface area (Å²) in [5.41, 5.74) is 0.715. The summed E-state index contributed by atoms with van der Waals surface area (Å²) in [5.74, 6) is 0.425. The van der Waals surface area contributed by atoms with Gasteiger partial charge in [-0.05, 0) is 32.0 Å². The molecule has 1 aromatic rings. The first-order chi connectivity index (χ1) is 6.38. The third-order valence-electron chi connectivity index (χ3n) is 2.52.